The lowest BCUT2D eigenvalue weighted by Gasteiger charge is -2.12. The van der Waals surface area contributed by atoms with Gasteiger partial charge in [-0.3, -0.25) is 9.59 Å². The molecule has 1 amide bonds. The SMILES string of the molecule is C[C@@]1(C(=O)OCC(=O)Nc2ccc(F)c(Cl)c2)CC1(Cl)Cl. The summed E-state index contributed by atoms with van der Waals surface area (Å²) in [6.07, 6.45) is 0.275. The third kappa shape index (κ3) is 3.42. The van der Waals surface area contributed by atoms with Crippen LogP contribution in [0.25, 0.3) is 0 Å². The van der Waals surface area contributed by atoms with E-state index in [4.69, 9.17) is 39.5 Å². The number of rotatable bonds is 4. The lowest BCUT2D eigenvalue weighted by molar-refractivity contribution is -0.152. The number of esters is 1. The van der Waals surface area contributed by atoms with E-state index in [1.54, 1.807) is 6.92 Å². The van der Waals surface area contributed by atoms with Crippen molar-refractivity contribution in [1.29, 1.82) is 0 Å². The number of benzene rings is 1. The van der Waals surface area contributed by atoms with Gasteiger partial charge in [0, 0.05) is 12.1 Å². The summed E-state index contributed by atoms with van der Waals surface area (Å²) in [7, 11) is 0. The van der Waals surface area contributed by atoms with E-state index < -0.39 is 34.0 Å². The molecule has 1 fully saturated rings. The molecule has 0 bridgehead atoms. The second-order valence-corrected chi connectivity index (χ2v) is 6.86. The number of hydrogen-bond acceptors (Lipinski definition) is 3. The summed E-state index contributed by atoms with van der Waals surface area (Å²) in [5, 5.41) is 2.30. The number of alkyl halides is 2. The topological polar surface area (TPSA) is 55.4 Å². The Hall–Kier alpha value is -1.04. The minimum atomic E-state index is -1.15. The minimum Gasteiger partial charge on any atom is -0.455 e. The van der Waals surface area contributed by atoms with Gasteiger partial charge in [0.25, 0.3) is 5.91 Å². The molecule has 0 heterocycles. The van der Waals surface area contributed by atoms with Gasteiger partial charge in [0.15, 0.2) is 6.61 Å². The maximum atomic E-state index is 13.0. The summed E-state index contributed by atoms with van der Waals surface area (Å²) in [6, 6.07) is 3.71. The molecule has 8 heteroatoms. The van der Waals surface area contributed by atoms with E-state index in [1.807, 2.05) is 0 Å². The second kappa shape index (κ2) is 5.63. The maximum absolute atomic E-state index is 13.0. The Morgan fingerprint density at radius 2 is 2.05 bits per heavy atom. The first-order chi connectivity index (χ1) is 9.65. The van der Waals surface area contributed by atoms with Crippen LogP contribution in [0, 0.1) is 11.2 Å². The lowest BCUT2D eigenvalue weighted by atomic mass is 10.1. The van der Waals surface area contributed by atoms with Crippen LogP contribution in [0.15, 0.2) is 18.2 Å². The minimum absolute atomic E-state index is 0.121. The highest BCUT2D eigenvalue weighted by Gasteiger charge is 2.69. The van der Waals surface area contributed by atoms with Crippen molar-refractivity contribution in [3.05, 3.63) is 29.0 Å². The Bertz CT molecular complexity index is 608. The molecule has 0 aromatic heterocycles. The van der Waals surface area contributed by atoms with Crippen LogP contribution in [0.2, 0.25) is 5.02 Å². The normalized spacial score (nSPS) is 22.5. The van der Waals surface area contributed by atoms with Gasteiger partial charge in [-0.25, -0.2) is 4.39 Å². The van der Waals surface area contributed by atoms with Crippen molar-refractivity contribution in [3.63, 3.8) is 0 Å². The van der Waals surface area contributed by atoms with Gasteiger partial charge >= 0.3 is 5.97 Å². The highest BCUT2D eigenvalue weighted by molar-refractivity contribution is 6.53. The molecule has 0 radical (unpaired) electrons. The molecule has 1 aromatic carbocycles. The van der Waals surface area contributed by atoms with E-state index in [-0.39, 0.29) is 11.4 Å². The largest absolute Gasteiger partial charge is 0.455 e. The van der Waals surface area contributed by atoms with E-state index in [0.717, 1.165) is 6.07 Å². The number of hydrogen-bond donors (Lipinski definition) is 1. The third-order valence-electron chi connectivity index (χ3n) is 3.25. The zero-order valence-electron chi connectivity index (χ0n) is 10.9. The molecule has 0 aliphatic heterocycles. The van der Waals surface area contributed by atoms with Crippen molar-refractivity contribution in [2.24, 2.45) is 5.41 Å². The Morgan fingerprint density at radius 3 is 2.57 bits per heavy atom. The zero-order valence-corrected chi connectivity index (χ0v) is 13.2. The lowest BCUT2D eigenvalue weighted by Crippen LogP contribution is -2.26. The molecule has 1 aromatic rings. The van der Waals surface area contributed by atoms with Crippen molar-refractivity contribution in [2.75, 3.05) is 11.9 Å². The van der Waals surface area contributed by atoms with Gasteiger partial charge in [0.2, 0.25) is 0 Å². The Balaban J connectivity index is 1.85. The number of anilines is 1. The first-order valence-corrected chi connectivity index (χ1v) is 7.09. The maximum Gasteiger partial charge on any atom is 0.315 e. The molecule has 0 unspecified atom stereocenters. The van der Waals surface area contributed by atoms with Crippen LogP contribution in [0.3, 0.4) is 0 Å². The van der Waals surface area contributed by atoms with Crippen LogP contribution in [0.5, 0.6) is 0 Å². The Labute approximate surface area is 135 Å². The molecule has 1 aliphatic carbocycles. The van der Waals surface area contributed by atoms with Crippen molar-refractivity contribution < 1.29 is 18.7 Å². The fourth-order valence-electron chi connectivity index (χ4n) is 1.68. The number of ether oxygens (including phenoxy) is 1. The van der Waals surface area contributed by atoms with Crippen molar-refractivity contribution in [2.45, 2.75) is 17.7 Å². The molecular weight excluding hydrogens is 344 g/mol. The molecule has 1 atom stereocenters. The monoisotopic (exact) mass is 353 g/mol. The Kier molecular flexibility index (Phi) is 4.38. The summed E-state index contributed by atoms with van der Waals surface area (Å²) in [5.74, 6) is -1.81. The van der Waals surface area contributed by atoms with Crippen LogP contribution >= 0.6 is 34.8 Å². The van der Waals surface area contributed by atoms with E-state index in [0.29, 0.717) is 5.69 Å². The van der Waals surface area contributed by atoms with Crippen LogP contribution in [-0.4, -0.2) is 22.8 Å². The van der Waals surface area contributed by atoms with Crippen molar-refractivity contribution in [1.82, 2.24) is 0 Å². The van der Waals surface area contributed by atoms with E-state index >= 15 is 0 Å². The second-order valence-electron chi connectivity index (χ2n) is 4.97. The number of carbonyl (C=O) groups excluding carboxylic acids is 2. The van der Waals surface area contributed by atoms with Gasteiger partial charge in [-0.15, -0.1) is 23.2 Å². The summed E-state index contributed by atoms with van der Waals surface area (Å²) < 4.78 is 16.7. The third-order valence-corrected chi connectivity index (χ3v) is 4.64. The van der Waals surface area contributed by atoms with Crippen LogP contribution < -0.4 is 5.32 Å². The average Bonchev–Trinajstić information content (AvgIpc) is 2.91. The van der Waals surface area contributed by atoms with Gasteiger partial charge in [-0.2, -0.15) is 0 Å². The van der Waals surface area contributed by atoms with Crippen LogP contribution in [-0.2, 0) is 14.3 Å². The van der Waals surface area contributed by atoms with Crippen LogP contribution in [0.4, 0.5) is 10.1 Å². The van der Waals surface area contributed by atoms with Crippen molar-refractivity contribution in [3.8, 4) is 0 Å². The fourth-order valence-corrected chi connectivity index (χ4v) is 2.55. The molecule has 2 rings (SSSR count). The molecule has 0 saturated heterocycles. The number of nitrogens with one attached hydrogen (secondary N) is 1. The zero-order chi connectivity index (χ0) is 15.8. The molecule has 4 nitrogen and oxygen atoms in total. The molecule has 1 aliphatic rings. The van der Waals surface area contributed by atoms with Gasteiger partial charge in [0.05, 0.1) is 5.02 Å². The van der Waals surface area contributed by atoms with E-state index in [1.165, 1.54) is 12.1 Å². The van der Waals surface area contributed by atoms with Gasteiger partial charge in [0.1, 0.15) is 15.6 Å². The quantitative estimate of drug-likeness (QED) is 0.664. The smallest absolute Gasteiger partial charge is 0.315 e. The number of carbonyl (C=O) groups is 2. The first kappa shape index (κ1) is 16.3. The highest BCUT2D eigenvalue weighted by Crippen LogP contribution is 2.64. The number of halogens is 4. The van der Waals surface area contributed by atoms with Crippen molar-refractivity contribution >= 4 is 52.4 Å². The predicted octanol–water partition coefficient (Wildman–Crippen LogP) is 3.54. The van der Waals surface area contributed by atoms with Gasteiger partial charge < -0.3 is 10.1 Å². The molecule has 1 N–H and O–H groups in total. The van der Waals surface area contributed by atoms with E-state index in [2.05, 4.69) is 5.32 Å². The fraction of sp³-hybridized carbons (Fsp3) is 0.385. The molecule has 21 heavy (non-hydrogen) atoms. The van der Waals surface area contributed by atoms with Gasteiger partial charge in [-0.05, 0) is 25.1 Å². The first-order valence-electron chi connectivity index (χ1n) is 5.96. The summed E-state index contributed by atoms with van der Waals surface area (Å²) >= 11 is 17.3. The average molecular weight is 355 g/mol. The molecular formula is C13H11Cl3FNO3. The molecule has 114 valence electrons. The highest BCUT2D eigenvalue weighted by atomic mass is 35.5. The Morgan fingerprint density at radius 1 is 1.43 bits per heavy atom. The predicted molar refractivity (Wildman–Crippen MR) is 78.2 cm³/mol. The van der Waals surface area contributed by atoms with Gasteiger partial charge in [-0.1, -0.05) is 11.6 Å². The summed E-state index contributed by atoms with van der Waals surface area (Å²) in [4.78, 5) is 23.4. The molecule has 1 saturated carbocycles. The summed E-state index contributed by atoms with van der Waals surface area (Å²) in [5.41, 5.74) is -0.695. The standard InChI is InChI=1S/C13H11Cl3FNO3/c1-12(6-13(12,15)16)11(20)21-5-10(19)18-7-2-3-9(17)8(14)4-7/h2-4H,5-6H2,1H3,(H,18,19)/t12-/m0/s1. The van der Waals surface area contributed by atoms with E-state index in [9.17, 15) is 14.0 Å². The number of amides is 1. The van der Waals surface area contributed by atoms with Crippen LogP contribution in [0.1, 0.15) is 13.3 Å². The molecule has 0 spiro atoms. The summed E-state index contributed by atoms with van der Waals surface area (Å²) in [6.45, 7) is 1.07.